The van der Waals surface area contributed by atoms with E-state index in [9.17, 15) is 10.1 Å². The lowest BCUT2D eigenvalue weighted by Gasteiger charge is -2.09. The van der Waals surface area contributed by atoms with Crippen LogP contribution in [0.1, 0.15) is 11.1 Å². The van der Waals surface area contributed by atoms with Gasteiger partial charge in [-0.05, 0) is 48.0 Å². The monoisotopic (exact) mass is 456 g/mol. The molecular formula is C23H15Cl3N2O2. The lowest BCUT2D eigenvalue weighted by Crippen LogP contribution is -2.13. The van der Waals surface area contributed by atoms with Gasteiger partial charge in [0.05, 0.1) is 10.7 Å². The Bertz CT molecular complexity index is 1150. The summed E-state index contributed by atoms with van der Waals surface area (Å²) in [5, 5.41) is 13.5. The Morgan fingerprint density at radius 2 is 1.80 bits per heavy atom. The van der Waals surface area contributed by atoms with E-state index in [2.05, 4.69) is 5.32 Å². The number of hydrogen-bond donors (Lipinski definition) is 1. The third-order valence-electron chi connectivity index (χ3n) is 4.07. The number of nitrogens with zero attached hydrogens (tertiary/aromatic N) is 1. The zero-order valence-electron chi connectivity index (χ0n) is 15.5. The van der Waals surface area contributed by atoms with Crippen molar-refractivity contribution in [3.63, 3.8) is 0 Å². The Morgan fingerprint density at radius 1 is 1.00 bits per heavy atom. The summed E-state index contributed by atoms with van der Waals surface area (Å²) in [6.07, 6.45) is 1.48. The van der Waals surface area contributed by atoms with Gasteiger partial charge in [0.1, 0.15) is 24.0 Å². The third-order valence-corrected chi connectivity index (χ3v) is 4.98. The number of anilines is 1. The van der Waals surface area contributed by atoms with Gasteiger partial charge in [0, 0.05) is 15.6 Å². The van der Waals surface area contributed by atoms with Gasteiger partial charge in [-0.25, -0.2) is 0 Å². The Morgan fingerprint density at radius 3 is 2.53 bits per heavy atom. The van der Waals surface area contributed by atoms with Crippen LogP contribution in [0.15, 0.2) is 72.3 Å². The van der Waals surface area contributed by atoms with Crippen LogP contribution in [0, 0.1) is 11.3 Å². The molecule has 0 aliphatic heterocycles. The minimum Gasteiger partial charge on any atom is -0.489 e. The molecule has 0 fully saturated rings. The molecule has 0 unspecified atom stereocenters. The van der Waals surface area contributed by atoms with Crippen molar-refractivity contribution in [3.8, 4) is 11.8 Å². The summed E-state index contributed by atoms with van der Waals surface area (Å²) in [5.74, 6) is 0.0171. The summed E-state index contributed by atoms with van der Waals surface area (Å²) in [5.41, 5.74) is 1.80. The van der Waals surface area contributed by atoms with Gasteiger partial charge in [0.15, 0.2) is 0 Å². The quantitative estimate of drug-likeness (QED) is 0.328. The maximum absolute atomic E-state index is 12.4. The molecule has 0 saturated heterocycles. The highest BCUT2D eigenvalue weighted by atomic mass is 35.5. The second kappa shape index (κ2) is 10.2. The van der Waals surface area contributed by atoms with Crippen molar-refractivity contribution in [1.82, 2.24) is 0 Å². The number of benzene rings is 3. The maximum Gasteiger partial charge on any atom is 0.266 e. The van der Waals surface area contributed by atoms with Crippen LogP contribution in [0.5, 0.6) is 5.75 Å². The second-order valence-electron chi connectivity index (χ2n) is 6.20. The number of amides is 1. The molecule has 7 heteroatoms. The number of nitrogens with one attached hydrogen (secondary N) is 1. The van der Waals surface area contributed by atoms with Crippen LogP contribution in [0.4, 0.5) is 5.69 Å². The van der Waals surface area contributed by atoms with Gasteiger partial charge in [-0.2, -0.15) is 5.26 Å². The molecule has 0 aliphatic rings. The van der Waals surface area contributed by atoms with Crippen LogP contribution in [0.2, 0.25) is 15.1 Å². The first kappa shape index (κ1) is 21.7. The van der Waals surface area contributed by atoms with Crippen molar-refractivity contribution in [2.24, 2.45) is 0 Å². The van der Waals surface area contributed by atoms with Gasteiger partial charge in [0.25, 0.3) is 5.91 Å². The topological polar surface area (TPSA) is 62.1 Å². The molecule has 0 saturated carbocycles. The molecule has 1 N–H and O–H groups in total. The molecule has 3 aromatic rings. The Labute approximate surface area is 189 Å². The molecule has 3 aromatic carbocycles. The van der Waals surface area contributed by atoms with E-state index in [4.69, 9.17) is 39.5 Å². The highest BCUT2D eigenvalue weighted by Crippen LogP contribution is 2.24. The maximum atomic E-state index is 12.4. The Balaban J connectivity index is 1.73. The molecule has 4 nitrogen and oxygen atoms in total. The minimum atomic E-state index is -0.551. The Hall–Kier alpha value is -2.97. The predicted octanol–water partition coefficient (Wildman–Crippen LogP) is 6.77. The number of nitriles is 1. The fourth-order valence-corrected chi connectivity index (χ4v) is 3.21. The summed E-state index contributed by atoms with van der Waals surface area (Å²) in [6, 6.07) is 20.9. The number of carbonyl (C=O) groups is 1. The van der Waals surface area contributed by atoms with Crippen LogP contribution >= 0.6 is 34.8 Å². The lowest BCUT2D eigenvalue weighted by atomic mass is 10.1. The van der Waals surface area contributed by atoms with E-state index in [1.807, 2.05) is 6.07 Å². The van der Waals surface area contributed by atoms with Gasteiger partial charge < -0.3 is 10.1 Å². The normalized spacial score (nSPS) is 10.9. The van der Waals surface area contributed by atoms with Crippen LogP contribution in [-0.2, 0) is 11.4 Å². The number of hydrogen-bond acceptors (Lipinski definition) is 3. The van der Waals surface area contributed by atoms with Crippen molar-refractivity contribution in [2.45, 2.75) is 6.61 Å². The van der Waals surface area contributed by atoms with E-state index in [1.54, 1.807) is 66.7 Å². The van der Waals surface area contributed by atoms with E-state index in [0.717, 1.165) is 5.56 Å². The van der Waals surface area contributed by atoms with Gasteiger partial charge in [-0.15, -0.1) is 0 Å². The van der Waals surface area contributed by atoms with E-state index >= 15 is 0 Å². The smallest absolute Gasteiger partial charge is 0.266 e. The van der Waals surface area contributed by atoms with Crippen molar-refractivity contribution < 1.29 is 9.53 Å². The van der Waals surface area contributed by atoms with Crippen LogP contribution in [0.25, 0.3) is 6.08 Å². The van der Waals surface area contributed by atoms with Crippen LogP contribution < -0.4 is 10.1 Å². The third kappa shape index (κ3) is 5.77. The first-order valence-corrected chi connectivity index (χ1v) is 9.94. The van der Waals surface area contributed by atoms with Gasteiger partial charge in [-0.3, -0.25) is 4.79 Å². The number of para-hydroxylation sites is 1. The summed E-state index contributed by atoms with van der Waals surface area (Å²) in [4.78, 5) is 12.4. The van der Waals surface area contributed by atoms with Crippen molar-refractivity contribution in [1.29, 1.82) is 5.26 Å². The largest absolute Gasteiger partial charge is 0.489 e. The standard InChI is InChI=1S/C23H15Cl3N2O2/c24-18-9-8-16(21(26)12-18)14-30-19-5-3-4-15(11-19)10-17(13-27)23(29)28-22-7-2-1-6-20(22)25/h1-12H,14H2,(H,28,29)/b17-10-. The molecule has 0 aliphatic carbocycles. The molecule has 1 amide bonds. The molecule has 0 spiro atoms. The summed E-state index contributed by atoms with van der Waals surface area (Å²) >= 11 is 18.1. The molecule has 3 rings (SSSR count). The fraction of sp³-hybridized carbons (Fsp3) is 0.0435. The number of rotatable bonds is 6. The number of halogens is 3. The van der Waals surface area contributed by atoms with Crippen molar-refractivity contribution >= 4 is 52.5 Å². The van der Waals surface area contributed by atoms with Crippen molar-refractivity contribution in [3.05, 3.63) is 98.5 Å². The molecular weight excluding hydrogens is 443 g/mol. The number of ether oxygens (including phenoxy) is 1. The van der Waals surface area contributed by atoms with Gasteiger partial charge in [0.2, 0.25) is 0 Å². The zero-order chi connectivity index (χ0) is 21.5. The first-order valence-electron chi connectivity index (χ1n) is 8.81. The highest BCUT2D eigenvalue weighted by Gasteiger charge is 2.11. The highest BCUT2D eigenvalue weighted by molar-refractivity contribution is 6.35. The van der Waals surface area contributed by atoms with E-state index in [-0.39, 0.29) is 12.2 Å². The summed E-state index contributed by atoms with van der Waals surface area (Å²) < 4.78 is 5.78. The molecule has 0 heterocycles. The molecule has 0 aromatic heterocycles. The fourth-order valence-electron chi connectivity index (χ4n) is 2.56. The molecule has 0 radical (unpaired) electrons. The zero-order valence-corrected chi connectivity index (χ0v) is 17.8. The van der Waals surface area contributed by atoms with Crippen LogP contribution in [-0.4, -0.2) is 5.91 Å². The molecule has 150 valence electrons. The van der Waals surface area contributed by atoms with E-state index < -0.39 is 5.91 Å². The van der Waals surface area contributed by atoms with Crippen molar-refractivity contribution in [2.75, 3.05) is 5.32 Å². The number of carbonyl (C=O) groups excluding carboxylic acids is 1. The minimum absolute atomic E-state index is 0.0622. The molecule has 30 heavy (non-hydrogen) atoms. The average molecular weight is 458 g/mol. The summed E-state index contributed by atoms with van der Waals surface area (Å²) in [7, 11) is 0. The predicted molar refractivity (Wildman–Crippen MR) is 121 cm³/mol. The van der Waals surface area contributed by atoms with Crippen LogP contribution in [0.3, 0.4) is 0 Å². The van der Waals surface area contributed by atoms with E-state index in [1.165, 1.54) is 6.08 Å². The van der Waals surface area contributed by atoms with Gasteiger partial charge in [-0.1, -0.05) is 65.1 Å². The van der Waals surface area contributed by atoms with Gasteiger partial charge >= 0.3 is 0 Å². The lowest BCUT2D eigenvalue weighted by molar-refractivity contribution is -0.112. The average Bonchev–Trinajstić information content (AvgIpc) is 2.73. The summed E-state index contributed by atoms with van der Waals surface area (Å²) in [6.45, 7) is 0.251. The van der Waals surface area contributed by atoms with E-state index in [0.29, 0.717) is 32.1 Å². The molecule has 0 atom stereocenters. The second-order valence-corrected chi connectivity index (χ2v) is 7.45. The Kier molecular flexibility index (Phi) is 7.37. The SMILES string of the molecule is N#C/C(=C/c1cccc(OCc2ccc(Cl)cc2Cl)c1)C(=O)Nc1ccccc1Cl. The molecule has 0 bridgehead atoms. The first-order chi connectivity index (χ1) is 14.5.